The Kier molecular flexibility index (Phi) is 8.24. The molecule has 0 amide bonds. The van der Waals surface area contributed by atoms with Crippen LogP contribution in [0, 0.1) is 0 Å². The van der Waals surface area contributed by atoms with Gasteiger partial charge in [0, 0.05) is 60.5 Å². The summed E-state index contributed by atoms with van der Waals surface area (Å²) < 4.78 is 8.15. The summed E-state index contributed by atoms with van der Waals surface area (Å²) in [5, 5.41) is 4.63. The molecule has 0 atom stereocenters. The van der Waals surface area contributed by atoms with Gasteiger partial charge in [-0.05, 0) is 52.1 Å². The normalized spacial score (nSPS) is 11.5. The second kappa shape index (κ2) is 11.4. The minimum Gasteiger partial charge on any atom is -0.494 e. The van der Waals surface area contributed by atoms with E-state index in [1.54, 1.807) is 7.11 Å². The summed E-state index contributed by atoms with van der Waals surface area (Å²) in [7, 11) is 7.83. The monoisotopic (exact) mass is 521 g/mol. The molecule has 3 N–H and O–H groups in total. The molecule has 198 valence electrons. The van der Waals surface area contributed by atoms with Crippen molar-refractivity contribution in [1.29, 1.82) is 0 Å². The number of aryl methyl sites for hydroxylation is 2. The molecular weight excluding hydrogens is 482 g/mol. The van der Waals surface area contributed by atoms with Crippen LogP contribution in [-0.2, 0) is 19.4 Å². The van der Waals surface area contributed by atoms with Crippen LogP contribution in [0.25, 0.3) is 21.5 Å². The van der Waals surface area contributed by atoms with Gasteiger partial charge in [0.15, 0.2) is 0 Å². The van der Waals surface area contributed by atoms with Crippen LogP contribution in [0.2, 0.25) is 0 Å². The molecule has 8 nitrogen and oxygen atoms in total. The number of fused-ring (bicyclic) bond motifs is 1. The molecule has 0 aliphatic heterocycles. The second-order valence-electron chi connectivity index (χ2n) is 9.43. The predicted octanol–water partition coefficient (Wildman–Crippen LogP) is 5.64. The van der Waals surface area contributed by atoms with E-state index in [1.165, 1.54) is 26.4 Å². The number of rotatable bonds is 11. The maximum atomic E-state index is 6.47. The Morgan fingerprint density at radius 1 is 1.08 bits per heavy atom. The number of methoxy groups -OCH3 is 1. The van der Waals surface area contributed by atoms with Crippen molar-refractivity contribution in [1.82, 2.24) is 19.4 Å². The third-order valence-electron chi connectivity index (χ3n) is 6.69. The maximum absolute atomic E-state index is 6.47. The molecule has 3 aromatic heterocycles. The molecule has 9 heteroatoms. The number of nitrogens with two attached hydrogens (primary N) is 1. The minimum atomic E-state index is 0.509. The number of hydrogen-bond donors (Lipinski definition) is 2. The van der Waals surface area contributed by atoms with E-state index in [4.69, 9.17) is 15.5 Å². The van der Waals surface area contributed by atoms with Crippen molar-refractivity contribution >= 4 is 44.6 Å². The van der Waals surface area contributed by atoms with Gasteiger partial charge in [0.2, 0.25) is 5.95 Å². The van der Waals surface area contributed by atoms with E-state index in [0.717, 1.165) is 49.5 Å². The fourth-order valence-corrected chi connectivity index (χ4v) is 5.91. The highest BCUT2D eigenvalue weighted by atomic mass is 32.1. The fourth-order valence-electron chi connectivity index (χ4n) is 4.72. The molecule has 0 spiro atoms. The molecular formula is C28H39N7OS. The van der Waals surface area contributed by atoms with E-state index < -0.39 is 0 Å². The Labute approximate surface area is 224 Å². The molecule has 0 aliphatic rings. The molecule has 0 radical (unpaired) electrons. The summed E-state index contributed by atoms with van der Waals surface area (Å²) in [6, 6.07) is 8.18. The van der Waals surface area contributed by atoms with Gasteiger partial charge in [-0.3, -0.25) is 0 Å². The van der Waals surface area contributed by atoms with E-state index in [9.17, 15) is 0 Å². The molecule has 0 aliphatic carbocycles. The van der Waals surface area contributed by atoms with Gasteiger partial charge >= 0.3 is 0 Å². The average Bonchev–Trinajstić information content (AvgIpc) is 3.43. The van der Waals surface area contributed by atoms with Crippen molar-refractivity contribution in [2.75, 3.05) is 57.3 Å². The maximum Gasteiger partial charge on any atom is 0.227 e. The summed E-state index contributed by atoms with van der Waals surface area (Å²) in [4.78, 5) is 16.5. The third-order valence-corrected chi connectivity index (χ3v) is 8.00. The standard InChI is InChI=1S/C28H39N7OS/c1-8-18-15-19-26(23(9-2)35(10-3)27(19)37-18)21-11-12-30-28(31-21)32-22-16-20(29)24(17-25(22)36-7)34(6)14-13-33(4)5/h11-12,15-17H,8-10,13-14,29H2,1-7H3,(H,30,31,32). The molecule has 0 saturated heterocycles. The first kappa shape index (κ1) is 26.8. The third kappa shape index (κ3) is 5.38. The van der Waals surface area contributed by atoms with Crippen molar-refractivity contribution in [2.24, 2.45) is 0 Å². The van der Waals surface area contributed by atoms with Gasteiger partial charge in [0.05, 0.1) is 29.9 Å². The summed E-state index contributed by atoms with van der Waals surface area (Å²) >= 11 is 1.88. The SMILES string of the molecule is CCc1cc2c(-c3ccnc(Nc4cc(N)c(N(C)CCN(C)C)cc4OC)n3)c(CC)n(CC)c2s1. The lowest BCUT2D eigenvalue weighted by atomic mass is 10.1. The highest BCUT2D eigenvalue weighted by molar-refractivity contribution is 7.18. The van der Waals surface area contributed by atoms with Crippen LogP contribution in [0.15, 0.2) is 30.5 Å². The van der Waals surface area contributed by atoms with Gasteiger partial charge in [-0.15, -0.1) is 11.3 Å². The van der Waals surface area contributed by atoms with Gasteiger partial charge in [-0.1, -0.05) is 13.8 Å². The van der Waals surface area contributed by atoms with E-state index in [1.807, 2.05) is 42.8 Å². The second-order valence-corrected chi connectivity index (χ2v) is 10.5. The van der Waals surface area contributed by atoms with E-state index in [0.29, 0.717) is 17.4 Å². The Morgan fingerprint density at radius 2 is 1.86 bits per heavy atom. The van der Waals surface area contributed by atoms with Crippen LogP contribution < -0.4 is 20.7 Å². The quantitative estimate of drug-likeness (QED) is 0.247. The topological polar surface area (TPSA) is 84.5 Å². The highest BCUT2D eigenvalue weighted by Crippen LogP contribution is 2.40. The van der Waals surface area contributed by atoms with Crippen molar-refractivity contribution in [3.63, 3.8) is 0 Å². The first-order valence-electron chi connectivity index (χ1n) is 12.9. The Morgan fingerprint density at radius 3 is 2.51 bits per heavy atom. The zero-order valence-corrected chi connectivity index (χ0v) is 23.9. The first-order valence-corrected chi connectivity index (χ1v) is 13.7. The van der Waals surface area contributed by atoms with E-state index in [-0.39, 0.29) is 0 Å². The Bertz CT molecular complexity index is 1370. The van der Waals surface area contributed by atoms with E-state index in [2.05, 4.69) is 65.6 Å². The van der Waals surface area contributed by atoms with Gasteiger partial charge < -0.3 is 30.2 Å². The zero-order chi connectivity index (χ0) is 26.7. The van der Waals surface area contributed by atoms with Gasteiger partial charge in [0.1, 0.15) is 10.6 Å². The lowest BCUT2D eigenvalue weighted by Gasteiger charge is -2.24. The van der Waals surface area contributed by atoms with Gasteiger partial charge in [-0.2, -0.15) is 0 Å². The van der Waals surface area contributed by atoms with Gasteiger partial charge in [-0.25, -0.2) is 9.97 Å². The molecule has 1 aromatic carbocycles. The Balaban J connectivity index is 1.70. The number of nitrogens with one attached hydrogen (secondary N) is 1. The molecule has 0 fully saturated rings. The first-order chi connectivity index (χ1) is 17.8. The number of hydrogen-bond acceptors (Lipinski definition) is 8. The molecule has 4 rings (SSSR count). The highest BCUT2D eigenvalue weighted by Gasteiger charge is 2.21. The summed E-state index contributed by atoms with van der Waals surface area (Å²) in [5.41, 5.74) is 12.2. The van der Waals surface area contributed by atoms with Crippen LogP contribution >= 0.6 is 11.3 Å². The van der Waals surface area contributed by atoms with Crippen LogP contribution in [0.4, 0.5) is 23.0 Å². The number of aromatic nitrogens is 3. The van der Waals surface area contributed by atoms with Crippen molar-refractivity contribution in [2.45, 2.75) is 40.2 Å². The van der Waals surface area contributed by atoms with Crippen LogP contribution in [0.1, 0.15) is 31.3 Å². The van der Waals surface area contributed by atoms with Crippen molar-refractivity contribution in [3.8, 4) is 17.0 Å². The van der Waals surface area contributed by atoms with Crippen molar-refractivity contribution < 1.29 is 4.74 Å². The smallest absolute Gasteiger partial charge is 0.227 e. The summed E-state index contributed by atoms with van der Waals surface area (Å²) in [6.45, 7) is 9.34. The van der Waals surface area contributed by atoms with E-state index >= 15 is 0 Å². The molecule has 0 saturated carbocycles. The number of nitrogens with zero attached hydrogens (tertiary/aromatic N) is 5. The summed E-state index contributed by atoms with van der Waals surface area (Å²) in [5.74, 6) is 1.20. The summed E-state index contributed by atoms with van der Waals surface area (Å²) in [6.07, 6.45) is 3.78. The molecule has 37 heavy (non-hydrogen) atoms. The minimum absolute atomic E-state index is 0.509. The lowest BCUT2D eigenvalue weighted by Crippen LogP contribution is -2.29. The van der Waals surface area contributed by atoms with Gasteiger partial charge in [0.25, 0.3) is 0 Å². The molecule has 3 heterocycles. The number of likely N-dealkylation sites (N-methyl/N-ethyl adjacent to an activating group) is 2. The molecule has 0 unspecified atom stereocenters. The van der Waals surface area contributed by atoms with Crippen LogP contribution in [0.5, 0.6) is 5.75 Å². The number of thiophene rings is 1. The number of benzene rings is 1. The average molecular weight is 522 g/mol. The Hall–Kier alpha value is -3.30. The number of nitrogen functional groups attached to an aromatic ring is 1. The number of anilines is 4. The molecule has 0 bridgehead atoms. The van der Waals surface area contributed by atoms with Crippen LogP contribution in [-0.4, -0.2) is 60.8 Å². The zero-order valence-electron chi connectivity index (χ0n) is 23.1. The van der Waals surface area contributed by atoms with Crippen LogP contribution in [0.3, 0.4) is 0 Å². The largest absolute Gasteiger partial charge is 0.494 e. The number of ether oxygens (including phenoxy) is 1. The van der Waals surface area contributed by atoms with Crippen molar-refractivity contribution in [3.05, 3.63) is 41.0 Å². The molecule has 4 aromatic rings. The predicted molar refractivity (Wildman–Crippen MR) is 158 cm³/mol. The lowest BCUT2D eigenvalue weighted by molar-refractivity contribution is 0.413. The fraction of sp³-hybridized carbons (Fsp3) is 0.429.